The van der Waals surface area contributed by atoms with Gasteiger partial charge in [0.1, 0.15) is 6.61 Å². The highest BCUT2D eigenvalue weighted by molar-refractivity contribution is 7.89. The van der Waals surface area contributed by atoms with Crippen molar-refractivity contribution in [2.45, 2.75) is 38.5 Å². The minimum Gasteiger partial charge on any atom is -0.384 e. The Hall–Kier alpha value is -1.35. The molecule has 0 unspecified atom stereocenters. The molecule has 1 aromatic carbocycles. The van der Waals surface area contributed by atoms with Crippen LogP contribution < -0.4 is 4.72 Å². The molecule has 2 N–H and O–H groups in total. The van der Waals surface area contributed by atoms with Gasteiger partial charge in [-0.2, -0.15) is 0 Å². The first-order valence-electron chi connectivity index (χ1n) is 7.07. The lowest BCUT2D eigenvalue weighted by molar-refractivity contribution is 0.350. The lowest BCUT2D eigenvalue weighted by atomic mass is 10.1. The largest absolute Gasteiger partial charge is 0.384 e. The van der Waals surface area contributed by atoms with Gasteiger partial charge >= 0.3 is 0 Å². The molecule has 0 aromatic heterocycles. The Balaban J connectivity index is 2.86. The molecule has 5 heteroatoms. The van der Waals surface area contributed by atoms with E-state index in [-0.39, 0.29) is 11.5 Å². The molecule has 0 amide bonds. The molecule has 21 heavy (non-hydrogen) atoms. The van der Waals surface area contributed by atoms with Crippen LogP contribution in [0.2, 0.25) is 0 Å². The summed E-state index contributed by atoms with van der Waals surface area (Å²) in [7, 11) is -3.52. The van der Waals surface area contributed by atoms with Crippen LogP contribution in [0.3, 0.4) is 0 Å². The second-order valence-corrected chi connectivity index (χ2v) is 7.11. The molecule has 0 heterocycles. The van der Waals surface area contributed by atoms with Gasteiger partial charge in [0.2, 0.25) is 10.0 Å². The molecular formula is C16H23NO3S. The fraction of sp³-hybridized carbons (Fsp3) is 0.500. The molecular weight excluding hydrogens is 286 g/mol. The van der Waals surface area contributed by atoms with Crippen LogP contribution in [0.4, 0.5) is 0 Å². The van der Waals surface area contributed by atoms with Crippen molar-refractivity contribution < 1.29 is 13.5 Å². The number of hydrogen-bond donors (Lipinski definition) is 2. The van der Waals surface area contributed by atoms with Crippen LogP contribution in [0, 0.1) is 24.7 Å². The maximum Gasteiger partial charge on any atom is 0.240 e. The van der Waals surface area contributed by atoms with Crippen LogP contribution in [0.25, 0.3) is 0 Å². The Labute approximate surface area is 127 Å². The molecule has 0 radical (unpaired) electrons. The van der Waals surface area contributed by atoms with Crippen LogP contribution in [-0.2, 0) is 10.0 Å². The van der Waals surface area contributed by atoms with Crippen molar-refractivity contribution in [3.8, 4) is 11.8 Å². The number of rotatable bonds is 6. The average molecular weight is 309 g/mol. The highest BCUT2D eigenvalue weighted by Gasteiger charge is 2.16. The molecule has 1 rings (SSSR count). The molecule has 0 bridgehead atoms. The van der Waals surface area contributed by atoms with E-state index in [1.807, 2.05) is 0 Å². The number of benzene rings is 1. The number of aliphatic hydroxyl groups is 1. The quantitative estimate of drug-likeness (QED) is 0.624. The summed E-state index contributed by atoms with van der Waals surface area (Å²) in [5, 5.41) is 8.70. The van der Waals surface area contributed by atoms with Crippen molar-refractivity contribution >= 4 is 10.0 Å². The first-order valence-corrected chi connectivity index (χ1v) is 8.55. The lowest BCUT2D eigenvalue weighted by Crippen LogP contribution is -2.25. The van der Waals surface area contributed by atoms with E-state index < -0.39 is 10.0 Å². The third-order valence-electron chi connectivity index (χ3n) is 3.04. The van der Waals surface area contributed by atoms with Crippen LogP contribution in [0.5, 0.6) is 0 Å². The molecule has 0 saturated heterocycles. The van der Waals surface area contributed by atoms with Gasteiger partial charge in [0, 0.05) is 12.1 Å². The fourth-order valence-electron chi connectivity index (χ4n) is 1.90. The van der Waals surface area contributed by atoms with Crippen molar-refractivity contribution in [1.82, 2.24) is 4.72 Å². The Morgan fingerprint density at radius 3 is 2.67 bits per heavy atom. The summed E-state index contributed by atoms with van der Waals surface area (Å²) < 4.78 is 27.3. The molecule has 4 nitrogen and oxygen atoms in total. The highest BCUT2D eigenvalue weighted by atomic mass is 32.2. The van der Waals surface area contributed by atoms with E-state index in [9.17, 15) is 8.42 Å². The molecule has 0 atom stereocenters. The van der Waals surface area contributed by atoms with Crippen LogP contribution in [0.15, 0.2) is 23.1 Å². The van der Waals surface area contributed by atoms with Gasteiger partial charge in [-0.1, -0.05) is 31.8 Å². The second kappa shape index (κ2) is 8.18. The number of aryl methyl sites for hydroxylation is 1. The van der Waals surface area contributed by atoms with Gasteiger partial charge in [-0.05, 0) is 43.4 Å². The Morgan fingerprint density at radius 2 is 2.05 bits per heavy atom. The van der Waals surface area contributed by atoms with E-state index in [1.165, 1.54) is 0 Å². The monoisotopic (exact) mass is 309 g/mol. The van der Waals surface area contributed by atoms with E-state index in [1.54, 1.807) is 25.1 Å². The molecule has 0 aliphatic heterocycles. The summed E-state index contributed by atoms with van der Waals surface area (Å²) in [5.41, 5.74) is 1.26. The van der Waals surface area contributed by atoms with Crippen LogP contribution in [-0.4, -0.2) is 26.7 Å². The van der Waals surface area contributed by atoms with Gasteiger partial charge < -0.3 is 5.11 Å². The van der Waals surface area contributed by atoms with Crippen molar-refractivity contribution in [2.24, 2.45) is 5.92 Å². The van der Waals surface area contributed by atoms with Crippen molar-refractivity contribution in [3.05, 3.63) is 29.3 Å². The SMILES string of the molecule is Cc1ccc(C#CCO)cc1S(=O)(=O)NCCCC(C)C. The molecule has 116 valence electrons. The summed E-state index contributed by atoms with van der Waals surface area (Å²) in [6.45, 7) is 6.17. The summed E-state index contributed by atoms with van der Waals surface area (Å²) in [6, 6.07) is 5.02. The smallest absolute Gasteiger partial charge is 0.240 e. The highest BCUT2D eigenvalue weighted by Crippen LogP contribution is 2.16. The third kappa shape index (κ3) is 5.88. The zero-order valence-corrected chi connectivity index (χ0v) is 13.6. The van der Waals surface area contributed by atoms with E-state index in [2.05, 4.69) is 30.4 Å². The van der Waals surface area contributed by atoms with Crippen molar-refractivity contribution in [1.29, 1.82) is 0 Å². The molecule has 1 aromatic rings. The van der Waals surface area contributed by atoms with Gasteiger partial charge in [-0.15, -0.1) is 0 Å². The second-order valence-electron chi connectivity index (χ2n) is 5.37. The first kappa shape index (κ1) is 17.7. The zero-order chi connectivity index (χ0) is 15.9. The zero-order valence-electron chi connectivity index (χ0n) is 12.8. The van der Waals surface area contributed by atoms with Gasteiger partial charge in [-0.3, -0.25) is 0 Å². The molecule has 0 saturated carbocycles. The molecule has 0 spiro atoms. The summed E-state index contributed by atoms with van der Waals surface area (Å²) in [6.07, 6.45) is 1.81. The minimum absolute atomic E-state index is 0.247. The number of sulfonamides is 1. The van der Waals surface area contributed by atoms with E-state index in [0.29, 0.717) is 23.6 Å². The van der Waals surface area contributed by atoms with Crippen molar-refractivity contribution in [2.75, 3.05) is 13.2 Å². The predicted molar refractivity (Wildman–Crippen MR) is 84.4 cm³/mol. The Kier molecular flexibility index (Phi) is 6.90. The first-order chi connectivity index (χ1) is 9.86. The van der Waals surface area contributed by atoms with E-state index in [4.69, 9.17) is 5.11 Å². The van der Waals surface area contributed by atoms with Gasteiger partial charge in [-0.25, -0.2) is 13.1 Å². The lowest BCUT2D eigenvalue weighted by Gasteiger charge is -2.10. The molecule has 0 aliphatic carbocycles. The normalized spacial score (nSPS) is 11.3. The molecule has 0 aliphatic rings. The van der Waals surface area contributed by atoms with E-state index >= 15 is 0 Å². The van der Waals surface area contributed by atoms with Gasteiger partial charge in [0.25, 0.3) is 0 Å². The standard InChI is InChI=1S/C16H23NO3S/c1-13(2)6-4-10-17-21(19,20)16-12-15(7-5-11-18)9-8-14(16)3/h8-9,12-13,17-18H,4,6,10-11H2,1-3H3. The summed E-state index contributed by atoms with van der Waals surface area (Å²) in [5.74, 6) is 5.81. The topological polar surface area (TPSA) is 66.4 Å². The van der Waals surface area contributed by atoms with Crippen LogP contribution >= 0.6 is 0 Å². The number of nitrogens with one attached hydrogen (secondary N) is 1. The fourth-order valence-corrected chi connectivity index (χ4v) is 3.25. The van der Waals surface area contributed by atoms with Crippen molar-refractivity contribution in [3.63, 3.8) is 0 Å². The maximum absolute atomic E-state index is 12.3. The Bertz CT molecular complexity index is 625. The van der Waals surface area contributed by atoms with Crippen LogP contribution in [0.1, 0.15) is 37.8 Å². The third-order valence-corrected chi connectivity index (χ3v) is 4.64. The summed E-state index contributed by atoms with van der Waals surface area (Å²) >= 11 is 0. The van der Waals surface area contributed by atoms with Gasteiger partial charge in [0.15, 0.2) is 0 Å². The van der Waals surface area contributed by atoms with Gasteiger partial charge in [0.05, 0.1) is 4.90 Å². The number of aliphatic hydroxyl groups excluding tert-OH is 1. The van der Waals surface area contributed by atoms with E-state index in [0.717, 1.165) is 12.8 Å². The average Bonchev–Trinajstić information content (AvgIpc) is 2.42. The summed E-state index contributed by atoms with van der Waals surface area (Å²) in [4.78, 5) is 0.247. The Morgan fingerprint density at radius 1 is 1.33 bits per heavy atom. The molecule has 0 fully saturated rings. The minimum atomic E-state index is -3.52. The maximum atomic E-state index is 12.3. The predicted octanol–water partition coefficient (Wildman–Crippen LogP) is 2.05. The number of hydrogen-bond acceptors (Lipinski definition) is 3.